The number of anilines is 2. The van der Waals surface area contributed by atoms with Crippen molar-refractivity contribution in [1.82, 2.24) is 24.6 Å². The quantitative estimate of drug-likeness (QED) is 0.280. The molecule has 1 fully saturated rings. The van der Waals surface area contributed by atoms with Crippen LogP contribution in [0.25, 0.3) is 16.6 Å². The third-order valence-corrected chi connectivity index (χ3v) is 7.22. The number of rotatable bonds is 9. The topological polar surface area (TPSA) is 150 Å². The summed E-state index contributed by atoms with van der Waals surface area (Å²) >= 11 is 0. The predicted molar refractivity (Wildman–Crippen MR) is 158 cm³/mol. The number of alkyl halides is 3. The van der Waals surface area contributed by atoms with E-state index in [1.54, 1.807) is 23.1 Å². The second-order valence-electron chi connectivity index (χ2n) is 10.6. The van der Waals surface area contributed by atoms with Gasteiger partial charge in [-0.2, -0.15) is 18.3 Å². The van der Waals surface area contributed by atoms with Crippen molar-refractivity contribution in [2.45, 2.75) is 18.7 Å². The summed E-state index contributed by atoms with van der Waals surface area (Å²) in [5.74, 6) is -1.41. The lowest BCUT2D eigenvalue weighted by Crippen LogP contribution is -2.51. The van der Waals surface area contributed by atoms with Gasteiger partial charge >= 0.3 is 6.18 Å². The van der Waals surface area contributed by atoms with Gasteiger partial charge in [0.05, 0.1) is 24.4 Å². The van der Waals surface area contributed by atoms with Crippen LogP contribution in [0.3, 0.4) is 0 Å². The molecule has 0 bridgehead atoms. The lowest BCUT2D eigenvalue weighted by Gasteiger charge is -2.39. The number of hydrogen-bond donors (Lipinski definition) is 2. The molecule has 4 heterocycles. The summed E-state index contributed by atoms with van der Waals surface area (Å²) in [5.41, 5.74) is -0.512. The van der Waals surface area contributed by atoms with Crippen molar-refractivity contribution in [3.8, 4) is 5.69 Å². The van der Waals surface area contributed by atoms with E-state index in [9.17, 15) is 27.6 Å². The number of amides is 3. The molecule has 13 nitrogen and oxygen atoms in total. The van der Waals surface area contributed by atoms with E-state index in [1.165, 1.54) is 37.2 Å². The number of nitrogens with zero attached hydrogens (tertiary/aromatic N) is 5. The molecule has 0 saturated carbocycles. The Hall–Kier alpha value is -4.93. The van der Waals surface area contributed by atoms with E-state index in [0.29, 0.717) is 28.8 Å². The van der Waals surface area contributed by atoms with Crippen molar-refractivity contribution >= 4 is 40.3 Å². The summed E-state index contributed by atoms with van der Waals surface area (Å²) in [6.45, 7) is 2.29. The summed E-state index contributed by atoms with van der Waals surface area (Å²) < 4.78 is 57.0. The highest BCUT2D eigenvalue weighted by molar-refractivity contribution is 6.04. The highest BCUT2D eigenvalue weighted by Gasteiger charge is 2.40. The fraction of sp³-hybridized carbons (Fsp3) is 0.333. The van der Waals surface area contributed by atoms with Crippen molar-refractivity contribution in [3.63, 3.8) is 0 Å². The number of carbonyl (C=O) groups is 3. The van der Waals surface area contributed by atoms with Gasteiger partial charge in [-0.25, -0.2) is 14.6 Å². The Balaban J connectivity index is 1.52. The van der Waals surface area contributed by atoms with Crippen molar-refractivity contribution in [2.75, 3.05) is 57.8 Å². The maximum absolute atomic E-state index is 13.1. The molecule has 0 spiro atoms. The van der Waals surface area contributed by atoms with Crippen LogP contribution in [0.15, 0.2) is 54.9 Å². The number of aromatic nitrogens is 4. The predicted octanol–water partition coefficient (Wildman–Crippen LogP) is 3.39. The molecule has 1 atom stereocenters. The second-order valence-corrected chi connectivity index (χ2v) is 10.6. The molecule has 242 valence electrons. The van der Waals surface area contributed by atoms with Crippen LogP contribution in [0.2, 0.25) is 0 Å². The van der Waals surface area contributed by atoms with Crippen molar-refractivity contribution in [2.24, 2.45) is 0 Å². The van der Waals surface area contributed by atoms with Gasteiger partial charge in [0, 0.05) is 44.1 Å². The molecule has 4 aromatic rings. The first-order valence-electron chi connectivity index (χ1n) is 14.0. The molecule has 46 heavy (non-hydrogen) atoms. The minimum atomic E-state index is -4.59. The van der Waals surface area contributed by atoms with Crippen LogP contribution in [0.5, 0.6) is 0 Å². The third-order valence-electron chi connectivity index (χ3n) is 7.22. The van der Waals surface area contributed by atoms with Gasteiger partial charge in [-0.05, 0) is 49.4 Å². The number of carbonyl (C=O) groups excluding carboxylic acids is 3. The number of hydrogen-bond acceptors (Lipinski definition) is 9. The van der Waals surface area contributed by atoms with E-state index in [-0.39, 0.29) is 49.5 Å². The Morgan fingerprint density at radius 3 is 2.41 bits per heavy atom. The van der Waals surface area contributed by atoms with Gasteiger partial charge in [-0.15, -0.1) is 0 Å². The number of benzene rings is 1. The molecule has 5 rings (SSSR count). The van der Waals surface area contributed by atoms with Crippen molar-refractivity contribution < 1.29 is 41.8 Å². The number of ether oxygens (including phenoxy) is 3. The average Bonchev–Trinajstić information content (AvgIpc) is 3.43. The van der Waals surface area contributed by atoms with Crippen molar-refractivity contribution in [1.29, 1.82) is 0 Å². The van der Waals surface area contributed by atoms with Crippen molar-refractivity contribution in [3.05, 3.63) is 71.7 Å². The third kappa shape index (κ3) is 6.83. The van der Waals surface area contributed by atoms with E-state index in [4.69, 9.17) is 19.3 Å². The smallest absolute Gasteiger partial charge is 0.375 e. The number of methoxy groups -OCH3 is 2. The zero-order valence-electron chi connectivity index (χ0n) is 25.1. The normalized spacial score (nSPS) is 16.8. The molecular weight excluding hydrogens is 611 g/mol. The van der Waals surface area contributed by atoms with Gasteiger partial charge in [0.2, 0.25) is 5.91 Å². The van der Waals surface area contributed by atoms with Crippen LogP contribution in [0.4, 0.5) is 24.8 Å². The fourth-order valence-electron chi connectivity index (χ4n) is 5.09. The first-order valence-corrected chi connectivity index (χ1v) is 14.0. The fourth-order valence-corrected chi connectivity index (χ4v) is 5.09. The zero-order valence-corrected chi connectivity index (χ0v) is 25.1. The number of morpholine rings is 1. The van der Waals surface area contributed by atoms with Crippen LogP contribution in [0.1, 0.15) is 28.5 Å². The number of pyridine rings is 2. The molecule has 16 heteroatoms. The Bertz CT molecular complexity index is 1760. The molecule has 1 unspecified atom stereocenters. The molecule has 3 aromatic heterocycles. The number of fused-ring (bicyclic) bond motifs is 1. The maximum atomic E-state index is 13.1. The molecule has 1 aromatic carbocycles. The van der Waals surface area contributed by atoms with Gasteiger partial charge in [0.1, 0.15) is 35.8 Å². The minimum Gasteiger partial charge on any atom is -0.375 e. The van der Waals surface area contributed by atoms with Gasteiger partial charge in [0.25, 0.3) is 11.8 Å². The molecule has 1 saturated heterocycles. The molecular formula is C30H30F3N7O6. The lowest BCUT2D eigenvalue weighted by atomic mass is 9.96. The highest BCUT2D eigenvalue weighted by Crippen LogP contribution is 2.37. The molecule has 0 radical (unpaired) electrons. The highest BCUT2D eigenvalue weighted by atomic mass is 19.4. The Morgan fingerprint density at radius 2 is 1.72 bits per heavy atom. The Morgan fingerprint density at radius 1 is 1.00 bits per heavy atom. The molecule has 1 aliphatic rings. The molecule has 3 amide bonds. The van der Waals surface area contributed by atoms with E-state index >= 15 is 0 Å². The summed E-state index contributed by atoms with van der Waals surface area (Å²) in [6.07, 6.45) is -2.12. The van der Waals surface area contributed by atoms with E-state index in [1.807, 2.05) is 6.92 Å². The monoisotopic (exact) mass is 641 g/mol. The van der Waals surface area contributed by atoms with Crippen LogP contribution < -0.4 is 10.6 Å². The van der Waals surface area contributed by atoms with Crippen LogP contribution in [0, 0.1) is 0 Å². The Kier molecular flexibility index (Phi) is 9.32. The summed E-state index contributed by atoms with van der Waals surface area (Å²) in [5, 5.41) is 10.6. The van der Waals surface area contributed by atoms with Gasteiger partial charge in [-0.1, -0.05) is 0 Å². The van der Waals surface area contributed by atoms with Gasteiger partial charge in [0.15, 0.2) is 5.82 Å². The van der Waals surface area contributed by atoms with Gasteiger partial charge in [-0.3, -0.25) is 14.4 Å². The van der Waals surface area contributed by atoms with E-state index in [0.717, 1.165) is 18.3 Å². The summed E-state index contributed by atoms with van der Waals surface area (Å²) in [4.78, 5) is 47.8. The van der Waals surface area contributed by atoms with Crippen LogP contribution in [-0.4, -0.2) is 89.5 Å². The van der Waals surface area contributed by atoms with Crippen LogP contribution in [-0.2, 0) is 35.6 Å². The van der Waals surface area contributed by atoms with Crippen LogP contribution >= 0.6 is 0 Å². The standard InChI is InChI=1S/C30H30F3N7O6/c1-29(17-39(12-13-46-29)24(42)16-45-3)26-21-9-11-35-27(37-23(41)15-44-2)25(21)40(38-26)20-6-4-18(5-7-20)28(43)36-22-14-19(8-10-34-22)30(31,32)33/h4-11,14H,12-13,15-17H2,1-3H3,(H,34,36,43)(H,35,37,41). The van der Waals surface area contributed by atoms with E-state index in [2.05, 4.69) is 20.6 Å². The first kappa shape index (κ1) is 32.5. The summed E-state index contributed by atoms with van der Waals surface area (Å²) in [6, 6.07) is 9.36. The molecule has 1 aliphatic heterocycles. The molecule has 0 aliphatic carbocycles. The average molecular weight is 642 g/mol. The van der Waals surface area contributed by atoms with Gasteiger partial charge < -0.3 is 29.7 Å². The number of halogens is 3. The molecule has 2 N–H and O–H groups in total. The minimum absolute atomic E-state index is 0.0887. The zero-order chi connectivity index (χ0) is 33.1. The largest absolute Gasteiger partial charge is 0.416 e. The Labute approximate surface area is 260 Å². The lowest BCUT2D eigenvalue weighted by molar-refractivity contribution is -0.153. The summed E-state index contributed by atoms with van der Waals surface area (Å²) in [7, 11) is 2.82. The number of nitrogens with one attached hydrogen (secondary N) is 2. The first-order chi connectivity index (χ1) is 21.9. The van der Waals surface area contributed by atoms with E-state index < -0.39 is 29.2 Å². The second kappa shape index (κ2) is 13.2. The maximum Gasteiger partial charge on any atom is 0.416 e. The SMILES string of the molecule is COCC(=O)Nc1nccc2c(C3(C)CN(C(=O)COC)CCO3)nn(-c3ccc(C(=O)Nc4cc(C(F)(F)F)ccn4)cc3)c12.